The minimum Gasteiger partial charge on any atom is -0.372 e. The Balaban J connectivity index is 1.61. The molecular formula is C22H27ClN4O4. The normalized spacial score (nSPS) is 27.4. The van der Waals surface area contributed by atoms with E-state index in [9.17, 15) is 14.4 Å². The lowest BCUT2D eigenvalue weighted by molar-refractivity contribution is -0.151. The molecule has 0 bridgehead atoms. The molecule has 0 spiro atoms. The lowest BCUT2D eigenvalue weighted by Crippen LogP contribution is -2.54. The Labute approximate surface area is 186 Å². The van der Waals surface area contributed by atoms with Gasteiger partial charge in [-0.15, -0.1) is 0 Å². The van der Waals surface area contributed by atoms with Gasteiger partial charge in [-0.2, -0.15) is 0 Å². The number of benzene rings is 1. The van der Waals surface area contributed by atoms with Crippen molar-refractivity contribution < 1.29 is 19.1 Å². The first kappa shape index (κ1) is 21.6. The van der Waals surface area contributed by atoms with Crippen LogP contribution in [0.15, 0.2) is 35.5 Å². The van der Waals surface area contributed by atoms with E-state index in [0.717, 1.165) is 0 Å². The molecule has 0 aromatic heterocycles. The monoisotopic (exact) mass is 446 g/mol. The summed E-state index contributed by atoms with van der Waals surface area (Å²) in [6, 6.07) is 5.51. The number of likely N-dealkylation sites (N-methyl/N-ethyl adjacent to an activating group) is 1. The van der Waals surface area contributed by atoms with E-state index in [4.69, 9.17) is 16.3 Å². The van der Waals surface area contributed by atoms with Gasteiger partial charge in [0.15, 0.2) is 0 Å². The number of amides is 4. The third kappa shape index (κ3) is 3.78. The zero-order valence-corrected chi connectivity index (χ0v) is 18.8. The number of morpholine rings is 1. The van der Waals surface area contributed by atoms with Crippen molar-refractivity contribution in [3.63, 3.8) is 0 Å². The van der Waals surface area contributed by atoms with Crippen LogP contribution >= 0.6 is 11.6 Å². The van der Waals surface area contributed by atoms with E-state index in [0.29, 0.717) is 34.9 Å². The highest BCUT2D eigenvalue weighted by Gasteiger charge is 2.46. The number of rotatable bonds is 3. The fraction of sp³-hybridized carbons (Fsp3) is 0.500. The third-order valence-corrected chi connectivity index (χ3v) is 6.50. The zero-order valence-electron chi connectivity index (χ0n) is 18.1. The second-order valence-corrected chi connectivity index (χ2v) is 8.84. The fourth-order valence-corrected chi connectivity index (χ4v) is 4.84. The molecule has 9 heteroatoms. The average Bonchev–Trinajstić information content (AvgIpc) is 3.07. The van der Waals surface area contributed by atoms with Crippen molar-refractivity contribution in [1.29, 1.82) is 0 Å². The summed E-state index contributed by atoms with van der Waals surface area (Å²) in [5, 5.41) is 3.34. The molecule has 1 fully saturated rings. The molecule has 0 radical (unpaired) electrons. The first-order valence-electron chi connectivity index (χ1n) is 10.5. The van der Waals surface area contributed by atoms with Crippen LogP contribution in [0, 0.1) is 0 Å². The van der Waals surface area contributed by atoms with E-state index in [2.05, 4.69) is 5.32 Å². The summed E-state index contributed by atoms with van der Waals surface area (Å²) in [5.74, 6) is -0.381. The second kappa shape index (κ2) is 8.16. The summed E-state index contributed by atoms with van der Waals surface area (Å²) in [6.45, 7) is 6.78. The molecular weight excluding hydrogens is 420 g/mol. The van der Waals surface area contributed by atoms with Gasteiger partial charge in [-0.25, -0.2) is 4.79 Å². The number of nitrogens with one attached hydrogen (secondary N) is 1. The van der Waals surface area contributed by atoms with Crippen LogP contribution in [-0.4, -0.2) is 77.5 Å². The van der Waals surface area contributed by atoms with E-state index in [1.165, 1.54) is 4.90 Å². The van der Waals surface area contributed by atoms with Gasteiger partial charge in [-0.1, -0.05) is 29.8 Å². The Morgan fingerprint density at radius 2 is 1.84 bits per heavy atom. The molecule has 3 heterocycles. The van der Waals surface area contributed by atoms with Crippen LogP contribution in [0.25, 0.3) is 0 Å². The molecule has 8 nitrogen and oxygen atoms in total. The van der Waals surface area contributed by atoms with Crippen LogP contribution in [0.3, 0.4) is 0 Å². The summed E-state index contributed by atoms with van der Waals surface area (Å²) >= 11 is 6.37. The van der Waals surface area contributed by atoms with Crippen molar-refractivity contribution in [2.75, 3.05) is 26.7 Å². The predicted molar refractivity (Wildman–Crippen MR) is 115 cm³/mol. The van der Waals surface area contributed by atoms with Crippen molar-refractivity contribution in [3.05, 3.63) is 46.1 Å². The zero-order chi connectivity index (χ0) is 22.4. The lowest BCUT2D eigenvalue weighted by Gasteiger charge is -2.38. The number of carbonyl (C=O) groups excluding carboxylic acids is 3. The summed E-state index contributed by atoms with van der Waals surface area (Å²) in [4.78, 5) is 44.0. The Kier molecular flexibility index (Phi) is 5.70. The fourth-order valence-electron chi connectivity index (χ4n) is 4.60. The first-order chi connectivity index (χ1) is 14.7. The Morgan fingerprint density at radius 1 is 1.19 bits per heavy atom. The third-order valence-electron chi connectivity index (χ3n) is 6.16. The molecule has 1 aromatic rings. The largest absolute Gasteiger partial charge is 0.372 e. The Morgan fingerprint density at radius 3 is 2.48 bits per heavy atom. The van der Waals surface area contributed by atoms with E-state index >= 15 is 0 Å². The van der Waals surface area contributed by atoms with Gasteiger partial charge in [0, 0.05) is 25.2 Å². The summed E-state index contributed by atoms with van der Waals surface area (Å²) in [7, 11) is 1.63. The molecule has 1 aromatic carbocycles. The number of hydrogen-bond donors (Lipinski definition) is 1. The van der Waals surface area contributed by atoms with E-state index in [1.54, 1.807) is 42.0 Å². The highest BCUT2D eigenvalue weighted by Crippen LogP contribution is 2.38. The minimum atomic E-state index is -0.661. The second-order valence-electron chi connectivity index (χ2n) is 8.43. The predicted octanol–water partition coefficient (Wildman–Crippen LogP) is 2.16. The van der Waals surface area contributed by atoms with Gasteiger partial charge in [0.25, 0.3) is 5.91 Å². The average molecular weight is 447 g/mol. The standard InChI is InChI=1S/C22H27ClN4O4/c1-12-9-26(10-13(2)31-12)20(28)14(3)27-11-17-18(21(27)29)19(24-22(30)25(17)4)15-7-5-6-8-16(15)23/h5-8,12-14,19H,9-11H2,1-4H3,(H,24,30)/t12-,13-,14+,19-/m1/s1. The molecule has 1 saturated heterocycles. The number of nitrogens with zero attached hydrogens (tertiary/aromatic N) is 3. The molecule has 166 valence electrons. The van der Waals surface area contributed by atoms with Gasteiger partial charge < -0.3 is 19.9 Å². The van der Waals surface area contributed by atoms with Crippen molar-refractivity contribution in [2.24, 2.45) is 0 Å². The molecule has 31 heavy (non-hydrogen) atoms. The molecule has 0 saturated carbocycles. The maximum atomic E-state index is 13.5. The van der Waals surface area contributed by atoms with Gasteiger partial charge in [0.1, 0.15) is 6.04 Å². The highest BCUT2D eigenvalue weighted by atomic mass is 35.5. The van der Waals surface area contributed by atoms with Crippen LogP contribution in [0.1, 0.15) is 32.4 Å². The molecule has 4 rings (SSSR count). The van der Waals surface area contributed by atoms with Gasteiger partial charge in [-0.05, 0) is 32.4 Å². The quantitative estimate of drug-likeness (QED) is 0.771. The smallest absolute Gasteiger partial charge is 0.322 e. The van der Waals surface area contributed by atoms with Gasteiger partial charge in [0.2, 0.25) is 5.91 Å². The van der Waals surface area contributed by atoms with Crippen LogP contribution in [0.5, 0.6) is 0 Å². The molecule has 0 aliphatic carbocycles. The van der Waals surface area contributed by atoms with Crippen molar-refractivity contribution in [2.45, 2.75) is 45.1 Å². The summed E-state index contributed by atoms with van der Waals surface area (Å²) in [5.41, 5.74) is 1.71. The van der Waals surface area contributed by atoms with Gasteiger partial charge >= 0.3 is 6.03 Å². The van der Waals surface area contributed by atoms with Crippen molar-refractivity contribution >= 4 is 29.4 Å². The molecule has 3 aliphatic heterocycles. The Hall–Kier alpha value is -2.58. The van der Waals surface area contributed by atoms with Gasteiger partial charge in [0.05, 0.1) is 36.1 Å². The van der Waals surface area contributed by atoms with Crippen LogP contribution in [0.2, 0.25) is 5.02 Å². The van der Waals surface area contributed by atoms with Crippen LogP contribution < -0.4 is 5.32 Å². The minimum absolute atomic E-state index is 0.0573. The van der Waals surface area contributed by atoms with Crippen LogP contribution in [0.4, 0.5) is 4.79 Å². The number of halogens is 1. The number of carbonyl (C=O) groups is 3. The maximum Gasteiger partial charge on any atom is 0.322 e. The SMILES string of the molecule is C[C@@H]1CN(C(=O)[C@H](C)N2CC3=C(C2=O)[C@@H](c2ccccc2Cl)NC(=O)N3C)C[C@@H](C)O1. The lowest BCUT2D eigenvalue weighted by atomic mass is 9.95. The maximum absolute atomic E-state index is 13.5. The van der Waals surface area contributed by atoms with E-state index < -0.39 is 12.1 Å². The van der Waals surface area contributed by atoms with E-state index in [1.807, 2.05) is 19.9 Å². The van der Waals surface area contributed by atoms with Crippen LogP contribution in [-0.2, 0) is 14.3 Å². The highest BCUT2D eigenvalue weighted by molar-refractivity contribution is 6.31. The van der Waals surface area contributed by atoms with E-state index in [-0.39, 0.29) is 36.6 Å². The molecule has 3 aliphatic rings. The first-order valence-corrected chi connectivity index (χ1v) is 10.8. The summed E-state index contributed by atoms with van der Waals surface area (Å²) in [6.07, 6.45) is -0.115. The van der Waals surface area contributed by atoms with Crippen molar-refractivity contribution in [1.82, 2.24) is 20.0 Å². The van der Waals surface area contributed by atoms with Gasteiger partial charge in [-0.3, -0.25) is 14.5 Å². The summed E-state index contributed by atoms with van der Waals surface area (Å²) < 4.78 is 5.72. The van der Waals surface area contributed by atoms with Crippen molar-refractivity contribution in [3.8, 4) is 0 Å². The number of hydrogen-bond acceptors (Lipinski definition) is 4. The number of ether oxygens (including phenoxy) is 1. The molecule has 0 unspecified atom stereocenters. The molecule has 1 N–H and O–H groups in total. The molecule has 4 amide bonds. The number of urea groups is 1. The Bertz CT molecular complexity index is 955. The molecule has 4 atom stereocenters. The topological polar surface area (TPSA) is 82.2 Å².